The average molecular weight is 587 g/mol. The lowest BCUT2D eigenvalue weighted by Crippen LogP contribution is -2.54. The van der Waals surface area contributed by atoms with Gasteiger partial charge in [0.2, 0.25) is 5.75 Å². The number of ether oxygens (including phenoxy) is 1. The van der Waals surface area contributed by atoms with Gasteiger partial charge in [-0.3, -0.25) is 23.7 Å². The van der Waals surface area contributed by atoms with E-state index in [1.165, 1.54) is 30.8 Å². The predicted molar refractivity (Wildman–Crippen MR) is 151 cm³/mol. The fourth-order valence-corrected chi connectivity index (χ4v) is 5.75. The normalized spacial score (nSPS) is 20.9. The third kappa shape index (κ3) is 6.31. The van der Waals surface area contributed by atoms with Crippen molar-refractivity contribution in [2.75, 3.05) is 40.4 Å². The van der Waals surface area contributed by atoms with Crippen molar-refractivity contribution in [2.45, 2.75) is 58.2 Å². The van der Waals surface area contributed by atoms with Gasteiger partial charge in [-0.05, 0) is 56.7 Å². The van der Waals surface area contributed by atoms with Gasteiger partial charge < -0.3 is 30.7 Å². The van der Waals surface area contributed by atoms with Crippen molar-refractivity contribution in [1.82, 2.24) is 30.4 Å². The first-order valence-corrected chi connectivity index (χ1v) is 14.1. The summed E-state index contributed by atoms with van der Waals surface area (Å²) >= 11 is 0. The Labute approximate surface area is 243 Å². The van der Waals surface area contributed by atoms with Crippen LogP contribution in [-0.4, -0.2) is 77.7 Å². The number of halogens is 1. The lowest BCUT2D eigenvalue weighted by molar-refractivity contribution is -0.145. The molecule has 4 N–H and O–H groups in total. The Morgan fingerprint density at radius 2 is 1.90 bits per heavy atom. The largest absolute Gasteiger partial charge is 0.501 e. The summed E-state index contributed by atoms with van der Waals surface area (Å²) in [5.41, 5.74) is -1.84. The van der Waals surface area contributed by atoms with Crippen LogP contribution in [0.2, 0.25) is 0 Å². The number of aromatic hydroxyl groups is 1. The van der Waals surface area contributed by atoms with Gasteiger partial charge >= 0.3 is 11.8 Å². The van der Waals surface area contributed by atoms with Crippen molar-refractivity contribution in [2.24, 2.45) is 5.41 Å². The average Bonchev–Trinajstić information content (AvgIpc) is 3.18. The first-order chi connectivity index (χ1) is 19.9. The second-order valence-electron chi connectivity index (χ2n) is 11.4. The van der Waals surface area contributed by atoms with Crippen LogP contribution in [-0.2, 0) is 33.0 Å². The highest BCUT2D eigenvalue weighted by atomic mass is 19.1. The molecule has 2 aliphatic heterocycles. The number of benzene rings is 1. The Morgan fingerprint density at radius 3 is 2.55 bits per heavy atom. The Hall–Kier alpha value is -3.84. The second-order valence-corrected chi connectivity index (χ2v) is 11.4. The molecule has 1 fully saturated rings. The number of fused-ring (bicyclic) bond motifs is 2. The molecule has 228 valence electrons. The number of likely N-dealkylation sites (N-methyl/N-ethyl adjacent to an activating group) is 1. The molecular weight excluding hydrogens is 547 g/mol. The number of hydrogen-bond donors (Lipinski definition) is 4. The van der Waals surface area contributed by atoms with Gasteiger partial charge in [-0.15, -0.1) is 0 Å². The van der Waals surface area contributed by atoms with Crippen LogP contribution in [0.5, 0.6) is 5.75 Å². The number of hydrogen-bond acceptors (Lipinski definition) is 8. The number of aromatic nitrogens is 2. The van der Waals surface area contributed by atoms with Crippen LogP contribution in [0.4, 0.5) is 4.39 Å². The minimum absolute atomic E-state index is 0.00916. The van der Waals surface area contributed by atoms with Gasteiger partial charge in [-0.25, -0.2) is 9.37 Å². The van der Waals surface area contributed by atoms with Gasteiger partial charge in [0.25, 0.3) is 11.5 Å². The van der Waals surface area contributed by atoms with Crippen LogP contribution in [0.3, 0.4) is 0 Å². The number of aryl methyl sites for hydroxylation is 1. The molecule has 0 atom stereocenters. The van der Waals surface area contributed by atoms with Crippen LogP contribution in [0.25, 0.3) is 0 Å². The summed E-state index contributed by atoms with van der Waals surface area (Å²) in [4.78, 5) is 58.0. The van der Waals surface area contributed by atoms with E-state index < -0.39 is 40.3 Å². The summed E-state index contributed by atoms with van der Waals surface area (Å²) < 4.78 is 20.4. The molecule has 1 aliphatic carbocycles. The van der Waals surface area contributed by atoms with E-state index in [1.54, 1.807) is 13.0 Å². The van der Waals surface area contributed by atoms with E-state index >= 15 is 0 Å². The van der Waals surface area contributed by atoms with Crippen LogP contribution in [0, 0.1) is 18.2 Å². The van der Waals surface area contributed by atoms with Gasteiger partial charge in [0, 0.05) is 52.3 Å². The molecule has 5 rings (SSSR count). The first kappa shape index (κ1) is 31.1. The third-order valence-corrected chi connectivity index (χ3v) is 8.20. The number of amides is 3. The topological polar surface area (TPSA) is 155 Å². The first-order valence-electron chi connectivity index (χ1n) is 14.1. The maximum absolute atomic E-state index is 13.7. The molecule has 0 radical (unpaired) electrons. The number of carbonyl (C=O) groups is 3. The zero-order chi connectivity index (χ0) is 30.7. The standard InChI is InChI=1S/C29H39FN6O6/c1-5-42-13-12-31-16-28-8-10-29(11-9-28,34-24(39)26(41)35(3)4)27-33-21(22(37)25(40)36(27)17-28)23(38)32-15-19-6-7-20(30)18(2)14-19/h6-7,14,31,37H,5,8-13,15-17H2,1-4H3,(H,32,38)(H,34,39). The van der Waals surface area contributed by atoms with E-state index in [1.807, 2.05) is 6.92 Å². The quantitative estimate of drug-likeness (QED) is 0.237. The molecule has 0 saturated heterocycles. The monoisotopic (exact) mass is 586 g/mol. The van der Waals surface area contributed by atoms with Crippen LogP contribution in [0.1, 0.15) is 60.0 Å². The Balaban J connectivity index is 1.69. The lowest BCUT2D eigenvalue weighted by atomic mass is 9.68. The molecule has 0 spiro atoms. The van der Waals surface area contributed by atoms with Crippen LogP contribution < -0.4 is 21.5 Å². The van der Waals surface area contributed by atoms with Crippen LogP contribution in [0.15, 0.2) is 23.0 Å². The van der Waals surface area contributed by atoms with Crippen molar-refractivity contribution in [1.29, 1.82) is 0 Å². The number of nitrogens with zero attached hydrogens (tertiary/aromatic N) is 3. The highest BCUT2D eigenvalue weighted by molar-refractivity contribution is 6.35. The molecule has 13 heteroatoms. The summed E-state index contributed by atoms with van der Waals surface area (Å²) in [7, 11) is 2.93. The molecule has 42 heavy (non-hydrogen) atoms. The Bertz CT molecular complexity index is 1420. The van der Waals surface area contributed by atoms with Gasteiger partial charge in [0.05, 0.1) is 12.1 Å². The molecule has 1 aromatic heterocycles. The summed E-state index contributed by atoms with van der Waals surface area (Å²) in [5.74, 6) is -3.47. The van der Waals surface area contributed by atoms with E-state index in [2.05, 4.69) is 20.9 Å². The molecule has 12 nitrogen and oxygen atoms in total. The SMILES string of the molecule is CCOCCNCC12CCC(NC(=O)C(=O)N(C)C)(CC1)c1nc(C(=O)NCc3ccc(F)c(C)c3)c(O)c(=O)n1C2. The lowest BCUT2D eigenvalue weighted by Gasteiger charge is -2.42. The summed E-state index contributed by atoms with van der Waals surface area (Å²) in [6.45, 7) is 6.06. The smallest absolute Gasteiger partial charge is 0.311 e. The van der Waals surface area contributed by atoms with Crippen molar-refractivity contribution < 1.29 is 28.6 Å². The second kappa shape index (κ2) is 12.6. The molecule has 1 aromatic carbocycles. The predicted octanol–water partition coefficient (Wildman–Crippen LogP) is 0.926. The van der Waals surface area contributed by atoms with E-state index in [-0.39, 0.29) is 30.1 Å². The Morgan fingerprint density at radius 1 is 1.19 bits per heavy atom. The maximum Gasteiger partial charge on any atom is 0.311 e. The molecule has 2 bridgehead atoms. The molecule has 3 amide bonds. The molecule has 2 aromatic rings. The van der Waals surface area contributed by atoms with Crippen molar-refractivity contribution >= 4 is 17.7 Å². The van der Waals surface area contributed by atoms with E-state index in [0.29, 0.717) is 63.1 Å². The van der Waals surface area contributed by atoms with Gasteiger partial charge in [-0.1, -0.05) is 12.1 Å². The fraction of sp³-hybridized carbons (Fsp3) is 0.552. The van der Waals surface area contributed by atoms with E-state index in [4.69, 9.17) is 4.74 Å². The molecule has 3 aliphatic rings. The van der Waals surface area contributed by atoms with Crippen molar-refractivity contribution in [3.63, 3.8) is 0 Å². The van der Waals surface area contributed by atoms with Crippen LogP contribution >= 0.6 is 0 Å². The minimum Gasteiger partial charge on any atom is -0.501 e. The van der Waals surface area contributed by atoms with E-state index in [0.717, 1.165) is 4.90 Å². The molecule has 3 heterocycles. The van der Waals surface area contributed by atoms with Gasteiger partial charge in [0.1, 0.15) is 11.6 Å². The molecule has 1 saturated carbocycles. The van der Waals surface area contributed by atoms with Gasteiger partial charge in [0.15, 0.2) is 5.69 Å². The number of nitrogens with one attached hydrogen (secondary N) is 3. The molecular formula is C29H39FN6O6. The third-order valence-electron chi connectivity index (χ3n) is 8.20. The Kier molecular flexibility index (Phi) is 9.31. The van der Waals surface area contributed by atoms with Crippen molar-refractivity contribution in [3.8, 4) is 5.75 Å². The maximum atomic E-state index is 13.7. The fourth-order valence-electron chi connectivity index (χ4n) is 5.75. The zero-order valence-corrected chi connectivity index (χ0v) is 24.5. The highest BCUT2D eigenvalue weighted by Crippen LogP contribution is 2.49. The van der Waals surface area contributed by atoms with Crippen molar-refractivity contribution in [3.05, 3.63) is 57.0 Å². The summed E-state index contributed by atoms with van der Waals surface area (Å²) in [5, 5.41) is 19.8. The number of carbonyl (C=O) groups excluding carboxylic acids is 3. The molecule has 0 unspecified atom stereocenters. The zero-order valence-electron chi connectivity index (χ0n) is 24.5. The van der Waals surface area contributed by atoms with E-state index in [9.17, 15) is 28.7 Å². The summed E-state index contributed by atoms with van der Waals surface area (Å²) in [6.07, 6.45) is 1.94. The number of rotatable bonds is 10. The summed E-state index contributed by atoms with van der Waals surface area (Å²) in [6, 6.07) is 4.40. The van der Waals surface area contributed by atoms with Gasteiger partial charge in [-0.2, -0.15) is 0 Å². The highest BCUT2D eigenvalue weighted by Gasteiger charge is 2.52. The minimum atomic E-state index is -1.20.